The summed E-state index contributed by atoms with van der Waals surface area (Å²) in [5.41, 5.74) is 1.70. The molecule has 2 aromatic rings. The molecule has 1 fully saturated rings. The van der Waals surface area contributed by atoms with E-state index in [1.165, 1.54) is 25.7 Å². The number of halogens is 1. The summed E-state index contributed by atoms with van der Waals surface area (Å²) in [6, 6.07) is 4.73. The largest absolute Gasteiger partial charge is 0.337 e. The number of carbonyl (C=O) groups excluding carboxylic acids is 2. The van der Waals surface area contributed by atoms with E-state index in [1.807, 2.05) is 6.07 Å². The van der Waals surface area contributed by atoms with Gasteiger partial charge in [-0.25, -0.2) is 0 Å². The predicted octanol–water partition coefficient (Wildman–Crippen LogP) is 2.87. The van der Waals surface area contributed by atoms with Gasteiger partial charge in [0.25, 0.3) is 5.91 Å². The average Bonchev–Trinajstić information content (AvgIpc) is 3.30. The molecule has 3 N–H and O–H groups in total. The number of benzene rings is 1. The molecule has 0 bridgehead atoms. The fourth-order valence-electron chi connectivity index (χ4n) is 3.89. The van der Waals surface area contributed by atoms with Crippen molar-refractivity contribution in [2.75, 3.05) is 5.32 Å². The SMILES string of the molecule is O=C(NC1CCc2cc(Cl)ccc2NC1=O)c1nnc(CC2CCCC2)[nH]1. The molecule has 1 unspecified atom stereocenters. The zero-order valence-electron chi connectivity index (χ0n) is 14.9. The lowest BCUT2D eigenvalue weighted by atomic mass is 10.0. The molecule has 1 saturated carbocycles. The van der Waals surface area contributed by atoms with Crippen LogP contribution < -0.4 is 10.6 Å². The number of amides is 2. The second-order valence-electron chi connectivity index (χ2n) is 7.33. The van der Waals surface area contributed by atoms with Crippen LogP contribution in [0.15, 0.2) is 18.2 Å². The number of fused-ring (bicyclic) bond motifs is 1. The molecule has 1 aliphatic carbocycles. The number of nitrogens with zero attached hydrogens (tertiary/aromatic N) is 2. The van der Waals surface area contributed by atoms with Gasteiger partial charge < -0.3 is 15.6 Å². The molecule has 0 spiro atoms. The smallest absolute Gasteiger partial charge is 0.289 e. The number of rotatable bonds is 4. The van der Waals surface area contributed by atoms with E-state index in [1.54, 1.807) is 12.1 Å². The number of aromatic nitrogens is 3. The zero-order chi connectivity index (χ0) is 18.8. The average molecular weight is 388 g/mol. The first-order valence-electron chi connectivity index (χ1n) is 9.40. The highest BCUT2D eigenvalue weighted by atomic mass is 35.5. The first-order valence-corrected chi connectivity index (χ1v) is 9.78. The van der Waals surface area contributed by atoms with Crippen molar-refractivity contribution >= 4 is 29.1 Å². The molecular weight excluding hydrogens is 366 g/mol. The van der Waals surface area contributed by atoms with E-state index in [0.29, 0.717) is 23.8 Å². The van der Waals surface area contributed by atoms with E-state index in [-0.39, 0.29) is 11.7 Å². The Morgan fingerprint density at radius 3 is 2.85 bits per heavy atom. The van der Waals surface area contributed by atoms with Crippen LogP contribution in [0.25, 0.3) is 0 Å². The molecule has 2 heterocycles. The van der Waals surface area contributed by atoms with Crippen LogP contribution >= 0.6 is 11.6 Å². The summed E-state index contributed by atoms with van der Waals surface area (Å²) in [5.74, 6) is 0.853. The maximum atomic E-state index is 12.5. The maximum Gasteiger partial charge on any atom is 0.289 e. The zero-order valence-corrected chi connectivity index (χ0v) is 15.7. The number of aryl methyl sites for hydroxylation is 1. The van der Waals surface area contributed by atoms with Gasteiger partial charge in [-0.1, -0.05) is 37.3 Å². The summed E-state index contributed by atoms with van der Waals surface area (Å²) in [6.07, 6.45) is 6.88. The van der Waals surface area contributed by atoms with Crippen LogP contribution in [-0.4, -0.2) is 33.0 Å². The van der Waals surface area contributed by atoms with Crippen molar-refractivity contribution in [1.82, 2.24) is 20.5 Å². The number of anilines is 1. The Balaban J connectivity index is 1.39. The van der Waals surface area contributed by atoms with Crippen LogP contribution in [0.3, 0.4) is 0 Å². The molecule has 1 aliphatic heterocycles. The van der Waals surface area contributed by atoms with Crippen molar-refractivity contribution in [1.29, 1.82) is 0 Å². The Hall–Kier alpha value is -2.41. The van der Waals surface area contributed by atoms with E-state index < -0.39 is 11.9 Å². The number of hydrogen-bond acceptors (Lipinski definition) is 4. The summed E-state index contributed by atoms with van der Waals surface area (Å²) in [6.45, 7) is 0. The fourth-order valence-corrected chi connectivity index (χ4v) is 4.08. The fraction of sp³-hybridized carbons (Fsp3) is 0.474. The van der Waals surface area contributed by atoms with Crippen molar-refractivity contribution in [3.8, 4) is 0 Å². The van der Waals surface area contributed by atoms with Crippen LogP contribution in [-0.2, 0) is 17.6 Å². The Labute approximate surface area is 162 Å². The summed E-state index contributed by atoms with van der Waals surface area (Å²) < 4.78 is 0. The van der Waals surface area contributed by atoms with Crippen LogP contribution in [0.1, 0.15) is 54.1 Å². The third-order valence-electron chi connectivity index (χ3n) is 5.35. The van der Waals surface area contributed by atoms with Gasteiger partial charge in [0.1, 0.15) is 11.9 Å². The first-order chi connectivity index (χ1) is 13.1. The van der Waals surface area contributed by atoms with Crippen molar-refractivity contribution in [3.63, 3.8) is 0 Å². The summed E-state index contributed by atoms with van der Waals surface area (Å²) in [7, 11) is 0. The molecule has 2 aliphatic rings. The third kappa shape index (κ3) is 4.13. The molecule has 8 heteroatoms. The number of aromatic amines is 1. The lowest BCUT2D eigenvalue weighted by Gasteiger charge is -2.14. The molecule has 27 heavy (non-hydrogen) atoms. The number of carbonyl (C=O) groups is 2. The number of hydrogen-bond donors (Lipinski definition) is 3. The van der Waals surface area contributed by atoms with Crippen LogP contribution in [0.4, 0.5) is 5.69 Å². The molecule has 1 aromatic carbocycles. The monoisotopic (exact) mass is 387 g/mol. The van der Waals surface area contributed by atoms with Gasteiger partial charge in [-0.3, -0.25) is 9.59 Å². The summed E-state index contributed by atoms with van der Waals surface area (Å²) in [5, 5.41) is 14.3. The van der Waals surface area contributed by atoms with E-state index >= 15 is 0 Å². The maximum absolute atomic E-state index is 12.5. The summed E-state index contributed by atoms with van der Waals surface area (Å²) in [4.78, 5) is 28.0. The van der Waals surface area contributed by atoms with Crippen molar-refractivity contribution < 1.29 is 9.59 Å². The summed E-state index contributed by atoms with van der Waals surface area (Å²) >= 11 is 6.03. The molecule has 1 aromatic heterocycles. The van der Waals surface area contributed by atoms with Gasteiger partial charge in [0.15, 0.2) is 0 Å². The standard InChI is InChI=1S/C19H22ClN5O2/c20-13-6-8-14-12(10-13)5-7-15(18(26)21-14)22-19(27)17-23-16(24-25-17)9-11-3-1-2-4-11/h6,8,10-11,15H,1-5,7,9H2,(H,21,26)(H,22,27)(H,23,24,25). The molecule has 142 valence electrons. The highest BCUT2D eigenvalue weighted by Crippen LogP contribution is 2.27. The minimum Gasteiger partial charge on any atom is -0.337 e. The van der Waals surface area contributed by atoms with Gasteiger partial charge in [-0.15, -0.1) is 10.2 Å². The van der Waals surface area contributed by atoms with Crippen molar-refractivity contribution in [2.24, 2.45) is 5.92 Å². The second-order valence-corrected chi connectivity index (χ2v) is 7.77. The van der Waals surface area contributed by atoms with E-state index in [9.17, 15) is 9.59 Å². The molecule has 7 nitrogen and oxygen atoms in total. The quantitative estimate of drug-likeness (QED) is 0.750. The highest BCUT2D eigenvalue weighted by Gasteiger charge is 2.27. The third-order valence-corrected chi connectivity index (χ3v) is 5.59. The molecule has 4 rings (SSSR count). The number of H-pyrrole nitrogens is 1. The van der Waals surface area contributed by atoms with Gasteiger partial charge in [0.05, 0.1) is 0 Å². The predicted molar refractivity (Wildman–Crippen MR) is 102 cm³/mol. The normalized spacial score (nSPS) is 20.0. The van der Waals surface area contributed by atoms with Crippen LogP contribution in [0, 0.1) is 5.92 Å². The molecular formula is C19H22ClN5O2. The lowest BCUT2D eigenvalue weighted by molar-refractivity contribution is -0.118. The van der Waals surface area contributed by atoms with Gasteiger partial charge in [0, 0.05) is 17.1 Å². The molecule has 2 amide bonds. The Morgan fingerprint density at radius 1 is 1.22 bits per heavy atom. The van der Waals surface area contributed by atoms with Crippen LogP contribution in [0.5, 0.6) is 0 Å². The highest BCUT2D eigenvalue weighted by molar-refractivity contribution is 6.30. The van der Waals surface area contributed by atoms with Gasteiger partial charge >= 0.3 is 0 Å². The minimum atomic E-state index is -0.632. The van der Waals surface area contributed by atoms with E-state index in [4.69, 9.17) is 11.6 Å². The van der Waals surface area contributed by atoms with E-state index in [0.717, 1.165) is 23.5 Å². The molecule has 0 radical (unpaired) electrons. The second kappa shape index (κ2) is 7.68. The number of nitrogens with one attached hydrogen (secondary N) is 3. The Kier molecular flexibility index (Phi) is 5.11. The Bertz CT molecular complexity index is 860. The van der Waals surface area contributed by atoms with Crippen molar-refractivity contribution in [2.45, 2.75) is 51.0 Å². The van der Waals surface area contributed by atoms with Gasteiger partial charge in [-0.05, 0) is 42.5 Å². The first kappa shape index (κ1) is 18.0. The van der Waals surface area contributed by atoms with Gasteiger partial charge in [0.2, 0.25) is 11.7 Å². The Morgan fingerprint density at radius 2 is 2.04 bits per heavy atom. The molecule has 1 atom stereocenters. The molecule has 0 saturated heterocycles. The van der Waals surface area contributed by atoms with Crippen molar-refractivity contribution in [3.05, 3.63) is 40.4 Å². The van der Waals surface area contributed by atoms with Crippen LogP contribution in [0.2, 0.25) is 5.02 Å². The van der Waals surface area contributed by atoms with E-state index in [2.05, 4.69) is 25.8 Å². The topological polar surface area (TPSA) is 99.8 Å². The van der Waals surface area contributed by atoms with Gasteiger partial charge in [-0.2, -0.15) is 0 Å². The lowest BCUT2D eigenvalue weighted by Crippen LogP contribution is -2.43. The minimum absolute atomic E-state index is 0.153.